The predicted octanol–water partition coefficient (Wildman–Crippen LogP) is 4.43. The van der Waals surface area contributed by atoms with Gasteiger partial charge in [0.1, 0.15) is 0 Å². The van der Waals surface area contributed by atoms with E-state index in [1.807, 2.05) is 13.0 Å². The number of carbonyl (C=O) groups excluding carboxylic acids is 1. The second-order valence-corrected chi connectivity index (χ2v) is 7.73. The summed E-state index contributed by atoms with van der Waals surface area (Å²) in [4.78, 5) is 25.6. The summed E-state index contributed by atoms with van der Waals surface area (Å²) >= 11 is 12.2. The minimum atomic E-state index is -0.564. The smallest absolute Gasteiger partial charge is 0.228 e. The summed E-state index contributed by atoms with van der Waals surface area (Å²) in [5, 5.41) is 4.41. The molecular weight excluding hydrogens is 323 g/mol. The first-order valence-electron chi connectivity index (χ1n) is 7.53. The standard InChI is InChI=1S/C16H22Cl2N2O2/c1-15(19-22)6-8-16(9-7-15,14(21)20(2)3)11-4-5-12(17)13(18)10-11/h4-5,11H,6-10H2,1-3H3. The van der Waals surface area contributed by atoms with E-state index in [0.29, 0.717) is 42.2 Å². The Bertz CT molecular complexity index is 532. The van der Waals surface area contributed by atoms with Crippen molar-refractivity contribution in [3.63, 3.8) is 0 Å². The molecular formula is C16H22Cl2N2O2. The van der Waals surface area contributed by atoms with Gasteiger partial charge in [-0.1, -0.05) is 34.5 Å². The average molecular weight is 345 g/mol. The van der Waals surface area contributed by atoms with Crippen molar-refractivity contribution in [2.45, 2.75) is 44.6 Å². The van der Waals surface area contributed by atoms with Gasteiger partial charge >= 0.3 is 0 Å². The lowest BCUT2D eigenvalue weighted by Gasteiger charge is -2.46. The molecule has 0 saturated heterocycles. The van der Waals surface area contributed by atoms with Crippen LogP contribution in [0.3, 0.4) is 0 Å². The van der Waals surface area contributed by atoms with Gasteiger partial charge in [0.05, 0.1) is 16.0 Å². The van der Waals surface area contributed by atoms with Gasteiger partial charge in [-0.05, 0) is 51.0 Å². The summed E-state index contributed by atoms with van der Waals surface area (Å²) < 4.78 is 0. The number of rotatable bonds is 3. The maximum atomic E-state index is 12.9. The van der Waals surface area contributed by atoms with Gasteiger partial charge in [-0.25, -0.2) is 0 Å². The fourth-order valence-electron chi connectivity index (χ4n) is 3.54. The van der Waals surface area contributed by atoms with E-state index in [-0.39, 0.29) is 11.8 Å². The zero-order valence-electron chi connectivity index (χ0n) is 13.2. The molecule has 1 saturated carbocycles. The van der Waals surface area contributed by atoms with Crippen LogP contribution < -0.4 is 0 Å². The monoisotopic (exact) mass is 344 g/mol. The van der Waals surface area contributed by atoms with Crippen molar-refractivity contribution < 1.29 is 4.79 Å². The summed E-state index contributed by atoms with van der Waals surface area (Å²) in [6.45, 7) is 1.87. The first-order chi connectivity index (χ1) is 10.2. The van der Waals surface area contributed by atoms with E-state index in [2.05, 4.69) is 5.18 Å². The molecule has 1 unspecified atom stereocenters. The number of amides is 1. The van der Waals surface area contributed by atoms with Crippen LogP contribution in [0.2, 0.25) is 0 Å². The van der Waals surface area contributed by atoms with Gasteiger partial charge in [-0.3, -0.25) is 4.79 Å². The SMILES string of the molecule is CN(C)C(=O)C1(C2C=CC(Cl)=C(Cl)C2)CCC(C)(N=O)CC1. The number of hydrogen-bond donors (Lipinski definition) is 0. The number of nitrogens with zero attached hydrogens (tertiary/aromatic N) is 2. The number of allylic oxidation sites excluding steroid dienone is 4. The lowest BCUT2D eigenvalue weighted by Crippen LogP contribution is -2.49. The zero-order chi connectivity index (χ0) is 16.5. The first-order valence-corrected chi connectivity index (χ1v) is 8.28. The van der Waals surface area contributed by atoms with Gasteiger partial charge in [0.2, 0.25) is 5.91 Å². The van der Waals surface area contributed by atoms with Crippen LogP contribution in [0.15, 0.2) is 27.4 Å². The lowest BCUT2D eigenvalue weighted by molar-refractivity contribution is -0.145. The molecule has 0 aliphatic heterocycles. The summed E-state index contributed by atoms with van der Waals surface area (Å²) in [5.74, 6) is 0.103. The molecule has 0 spiro atoms. The van der Waals surface area contributed by atoms with Crippen molar-refractivity contribution >= 4 is 29.1 Å². The Kier molecular flexibility index (Phi) is 5.03. The predicted molar refractivity (Wildman–Crippen MR) is 89.8 cm³/mol. The molecule has 122 valence electrons. The second kappa shape index (κ2) is 6.32. The number of halogens is 2. The molecule has 0 aromatic rings. The molecule has 0 heterocycles. The largest absolute Gasteiger partial charge is 0.348 e. The molecule has 1 amide bonds. The summed E-state index contributed by atoms with van der Waals surface area (Å²) in [6.07, 6.45) is 6.87. The highest BCUT2D eigenvalue weighted by Gasteiger charge is 2.51. The second-order valence-electron chi connectivity index (χ2n) is 6.87. The molecule has 4 nitrogen and oxygen atoms in total. The average Bonchev–Trinajstić information content (AvgIpc) is 2.50. The van der Waals surface area contributed by atoms with E-state index >= 15 is 0 Å². The van der Waals surface area contributed by atoms with Crippen LogP contribution in [0.5, 0.6) is 0 Å². The van der Waals surface area contributed by atoms with Crippen molar-refractivity contribution in [1.29, 1.82) is 0 Å². The van der Waals surface area contributed by atoms with E-state index in [0.717, 1.165) is 0 Å². The van der Waals surface area contributed by atoms with Crippen LogP contribution in [0.4, 0.5) is 0 Å². The van der Waals surface area contributed by atoms with Crippen molar-refractivity contribution in [1.82, 2.24) is 4.90 Å². The number of hydrogen-bond acceptors (Lipinski definition) is 3. The van der Waals surface area contributed by atoms with Gasteiger partial charge < -0.3 is 4.90 Å². The topological polar surface area (TPSA) is 49.7 Å². The Balaban J connectivity index is 2.32. The third-order valence-corrected chi connectivity index (χ3v) is 5.92. The Morgan fingerprint density at radius 1 is 1.27 bits per heavy atom. The molecule has 6 heteroatoms. The van der Waals surface area contributed by atoms with E-state index in [4.69, 9.17) is 23.2 Å². The number of nitroso groups, excluding NO2 is 1. The van der Waals surface area contributed by atoms with Crippen LogP contribution in [0, 0.1) is 16.2 Å². The number of carbonyl (C=O) groups is 1. The van der Waals surface area contributed by atoms with Gasteiger partial charge in [-0.15, -0.1) is 0 Å². The normalized spacial score (nSPS) is 35.4. The minimum absolute atomic E-state index is 0.00796. The fourth-order valence-corrected chi connectivity index (χ4v) is 3.92. The van der Waals surface area contributed by atoms with Crippen molar-refractivity contribution in [3.05, 3.63) is 27.1 Å². The molecule has 2 rings (SSSR count). The third kappa shape index (κ3) is 3.09. The molecule has 0 aromatic carbocycles. The van der Waals surface area contributed by atoms with Crippen LogP contribution in [0.1, 0.15) is 39.0 Å². The van der Waals surface area contributed by atoms with E-state index in [1.54, 1.807) is 25.1 Å². The molecule has 2 aliphatic rings. The summed E-state index contributed by atoms with van der Waals surface area (Å²) in [5.41, 5.74) is -1.09. The van der Waals surface area contributed by atoms with E-state index in [1.165, 1.54) is 0 Å². The fraction of sp³-hybridized carbons (Fsp3) is 0.688. The molecule has 22 heavy (non-hydrogen) atoms. The molecule has 0 N–H and O–H groups in total. The maximum Gasteiger partial charge on any atom is 0.228 e. The van der Waals surface area contributed by atoms with Crippen LogP contribution >= 0.6 is 23.2 Å². The summed E-state index contributed by atoms with van der Waals surface area (Å²) in [6, 6.07) is 0. The Hall–Kier alpha value is -0.870. The van der Waals surface area contributed by atoms with E-state index in [9.17, 15) is 9.70 Å². The Morgan fingerprint density at radius 2 is 1.86 bits per heavy atom. The Morgan fingerprint density at radius 3 is 2.32 bits per heavy atom. The van der Waals surface area contributed by atoms with Crippen molar-refractivity contribution in [3.8, 4) is 0 Å². The summed E-state index contributed by atoms with van der Waals surface area (Å²) in [7, 11) is 3.54. The minimum Gasteiger partial charge on any atom is -0.348 e. The zero-order valence-corrected chi connectivity index (χ0v) is 14.7. The van der Waals surface area contributed by atoms with Crippen LogP contribution in [0.25, 0.3) is 0 Å². The van der Waals surface area contributed by atoms with Gasteiger partial charge in [0.25, 0.3) is 0 Å². The molecule has 2 aliphatic carbocycles. The Labute approximate surface area is 141 Å². The molecule has 0 aromatic heterocycles. The molecule has 1 fully saturated rings. The molecule has 0 radical (unpaired) electrons. The van der Waals surface area contributed by atoms with Crippen molar-refractivity contribution in [2.75, 3.05) is 14.1 Å². The first kappa shape index (κ1) is 17.5. The maximum absolute atomic E-state index is 12.9. The van der Waals surface area contributed by atoms with Crippen LogP contribution in [-0.4, -0.2) is 30.4 Å². The third-order valence-electron chi connectivity index (χ3n) is 5.11. The highest BCUT2D eigenvalue weighted by Crippen LogP contribution is 2.51. The van der Waals surface area contributed by atoms with Crippen molar-refractivity contribution in [2.24, 2.45) is 16.5 Å². The quantitative estimate of drug-likeness (QED) is 0.711. The molecule has 0 bridgehead atoms. The van der Waals surface area contributed by atoms with Gasteiger partial charge in [0.15, 0.2) is 0 Å². The van der Waals surface area contributed by atoms with Crippen LogP contribution in [-0.2, 0) is 4.79 Å². The van der Waals surface area contributed by atoms with E-state index < -0.39 is 11.0 Å². The molecule has 1 atom stereocenters. The lowest BCUT2D eigenvalue weighted by atomic mass is 9.60. The highest BCUT2D eigenvalue weighted by atomic mass is 35.5. The van der Waals surface area contributed by atoms with Gasteiger partial charge in [0, 0.05) is 19.1 Å². The highest BCUT2D eigenvalue weighted by molar-refractivity contribution is 6.40. The van der Waals surface area contributed by atoms with Gasteiger partial charge in [-0.2, -0.15) is 4.91 Å².